The van der Waals surface area contributed by atoms with E-state index < -0.39 is 0 Å². The molecular formula is C18H26N6. The van der Waals surface area contributed by atoms with E-state index >= 15 is 0 Å². The second-order valence-electron chi connectivity index (χ2n) is 6.41. The van der Waals surface area contributed by atoms with Gasteiger partial charge in [0.15, 0.2) is 11.8 Å². The van der Waals surface area contributed by atoms with Gasteiger partial charge >= 0.3 is 0 Å². The van der Waals surface area contributed by atoms with Gasteiger partial charge in [-0.1, -0.05) is 36.8 Å². The molecule has 24 heavy (non-hydrogen) atoms. The van der Waals surface area contributed by atoms with Gasteiger partial charge in [0, 0.05) is 26.6 Å². The highest BCUT2D eigenvalue weighted by atomic mass is 15.3. The molecule has 0 amide bonds. The Morgan fingerprint density at radius 2 is 2.04 bits per heavy atom. The third-order valence-corrected chi connectivity index (χ3v) is 4.55. The van der Waals surface area contributed by atoms with Crippen molar-refractivity contribution in [1.82, 2.24) is 25.4 Å². The molecule has 0 radical (unpaired) electrons. The number of nitrogens with zero attached hydrogens (tertiary/aromatic N) is 4. The molecule has 0 fully saturated rings. The maximum absolute atomic E-state index is 4.30. The lowest BCUT2D eigenvalue weighted by molar-refractivity contribution is 0.654. The lowest BCUT2D eigenvalue weighted by Crippen LogP contribution is -2.39. The smallest absolute Gasteiger partial charge is 0.191 e. The van der Waals surface area contributed by atoms with E-state index in [0.29, 0.717) is 12.5 Å². The van der Waals surface area contributed by atoms with Gasteiger partial charge in [0.05, 0.1) is 6.54 Å². The molecule has 1 aromatic heterocycles. The lowest BCUT2D eigenvalue weighted by atomic mass is 10.0. The second-order valence-corrected chi connectivity index (χ2v) is 6.41. The molecule has 6 nitrogen and oxygen atoms in total. The number of rotatable bonds is 5. The molecule has 2 aromatic rings. The molecule has 1 atom stereocenters. The van der Waals surface area contributed by atoms with Crippen LogP contribution in [0, 0.1) is 6.92 Å². The van der Waals surface area contributed by atoms with Crippen molar-refractivity contribution in [2.75, 3.05) is 13.6 Å². The van der Waals surface area contributed by atoms with E-state index in [-0.39, 0.29) is 0 Å². The summed E-state index contributed by atoms with van der Waals surface area (Å²) < 4.78 is 2.20. The Hall–Kier alpha value is -2.37. The molecule has 1 aliphatic rings. The van der Waals surface area contributed by atoms with Crippen LogP contribution in [0.4, 0.5) is 0 Å². The number of benzene rings is 1. The molecule has 0 spiro atoms. The highest BCUT2D eigenvalue weighted by Crippen LogP contribution is 2.15. The van der Waals surface area contributed by atoms with Gasteiger partial charge in [-0.3, -0.25) is 4.99 Å². The Morgan fingerprint density at radius 3 is 2.79 bits per heavy atom. The summed E-state index contributed by atoms with van der Waals surface area (Å²) in [4.78, 5) is 4.30. The van der Waals surface area contributed by atoms with Crippen molar-refractivity contribution in [3.8, 4) is 0 Å². The van der Waals surface area contributed by atoms with Crippen LogP contribution >= 0.6 is 0 Å². The molecule has 6 heteroatoms. The number of aliphatic imine (C=N–C) groups is 1. The number of hydrogen-bond acceptors (Lipinski definition) is 3. The highest BCUT2D eigenvalue weighted by Gasteiger charge is 2.17. The molecule has 1 aliphatic heterocycles. The number of nitrogens with one attached hydrogen (secondary N) is 2. The van der Waals surface area contributed by atoms with Gasteiger partial charge in [0.25, 0.3) is 0 Å². The maximum Gasteiger partial charge on any atom is 0.191 e. The molecule has 1 unspecified atom stereocenters. The predicted octanol–water partition coefficient (Wildman–Crippen LogP) is 2.00. The zero-order chi connectivity index (χ0) is 16.9. The van der Waals surface area contributed by atoms with Crippen molar-refractivity contribution in [1.29, 1.82) is 0 Å². The summed E-state index contributed by atoms with van der Waals surface area (Å²) in [7, 11) is 1.79. The van der Waals surface area contributed by atoms with Crippen molar-refractivity contribution in [3.63, 3.8) is 0 Å². The van der Waals surface area contributed by atoms with Crippen LogP contribution in [0.1, 0.15) is 42.0 Å². The van der Waals surface area contributed by atoms with E-state index in [1.807, 2.05) is 0 Å². The van der Waals surface area contributed by atoms with Crippen molar-refractivity contribution in [2.24, 2.45) is 4.99 Å². The summed E-state index contributed by atoms with van der Waals surface area (Å²) >= 11 is 0. The highest BCUT2D eigenvalue weighted by molar-refractivity contribution is 5.79. The minimum Gasteiger partial charge on any atom is -0.356 e. The van der Waals surface area contributed by atoms with E-state index in [1.165, 1.54) is 17.5 Å². The topological polar surface area (TPSA) is 67.1 Å². The summed E-state index contributed by atoms with van der Waals surface area (Å²) in [5.41, 5.74) is 2.62. The average molecular weight is 326 g/mol. The van der Waals surface area contributed by atoms with Crippen molar-refractivity contribution >= 4 is 5.96 Å². The minimum atomic E-state index is 0.418. The largest absolute Gasteiger partial charge is 0.356 e. The molecule has 0 bridgehead atoms. The fourth-order valence-electron chi connectivity index (χ4n) is 2.99. The Bertz CT molecular complexity index is 701. The summed E-state index contributed by atoms with van der Waals surface area (Å²) in [6, 6.07) is 8.70. The van der Waals surface area contributed by atoms with Crippen LogP contribution in [0.3, 0.4) is 0 Å². The predicted molar refractivity (Wildman–Crippen MR) is 96.1 cm³/mol. The van der Waals surface area contributed by atoms with Gasteiger partial charge in [-0.2, -0.15) is 0 Å². The number of aromatic nitrogens is 3. The van der Waals surface area contributed by atoms with Crippen molar-refractivity contribution in [2.45, 2.75) is 45.7 Å². The van der Waals surface area contributed by atoms with E-state index in [1.54, 1.807) is 7.05 Å². The molecule has 2 N–H and O–H groups in total. The van der Waals surface area contributed by atoms with Crippen LogP contribution in [-0.4, -0.2) is 34.3 Å². The monoisotopic (exact) mass is 326 g/mol. The molecule has 3 rings (SSSR count). The third kappa shape index (κ3) is 3.75. The Kier molecular flexibility index (Phi) is 5.13. The Balaban J connectivity index is 1.50. The Labute approximate surface area is 143 Å². The van der Waals surface area contributed by atoms with Crippen LogP contribution < -0.4 is 10.6 Å². The standard InChI is InChI=1S/C18H26N6/c1-13-6-8-15(9-7-13)14(2)11-20-18(19-3)21-12-17-23-22-16-5-4-10-24(16)17/h6-9,14H,4-5,10-12H2,1-3H3,(H2,19,20,21). The maximum atomic E-state index is 4.30. The number of hydrogen-bond donors (Lipinski definition) is 2. The molecule has 128 valence electrons. The molecule has 0 saturated carbocycles. The van der Waals surface area contributed by atoms with Gasteiger partial charge < -0.3 is 15.2 Å². The molecule has 0 saturated heterocycles. The quantitative estimate of drug-likeness (QED) is 0.651. The van der Waals surface area contributed by atoms with E-state index in [4.69, 9.17) is 0 Å². The van der Waals surface area contributed by atoms with Crippen LogP contribution in [0.15, 0.2) is 29.3 Å². The third-order valence-electron chi connectivity index (χ3n) is 4.55. The summed E-state index contributed by atoms with van der Waals surface area (Å²) in [6.07, 6.45) is 2.20. The summed E-state index contributed by atoms with van der Waals surface area (Å²) in [5, 5.41) is 15.2. The van der Waals surface area contributed by atoms with Crippen molar-refractivity contribution < 1.29 is 0 Å². The second kappa shape index (κ2) is 7.47. The van der Waals surface area contributed by atoms with Gasteiger partial charge in [0.1, 0.15) is 5.82 Å². The normalized spacial score (nSPS) is 15.2. The van der Waals surface area contributed by atoms with Crippen LogP contribution in [0.2, 0.25) is 0 Å². The van der Waals surface area contributed by atoms with Gasteiger partial charge in [-0.05, 0) is 24.8 Å². The van der Waals surface area contributed by atoms with Crippen LogP contribution in [0.25, 0.3) is 0 Å². The number of fused-ring (bicyclic) bond motifs is 1. The average Bonchev–Trinajstić information content (AvgIpc) is 3.19. The molecule has 1 aromatic carbocycles. The van der Waals surface area contributed by atoms with Crippen LogP contribution in [0.5, 0.6) is 0 Å². The Morgan fingerprint density at radius 1 is 1.25 bits per heavy atom. The molecular weight excluding hydrogens is 300 g/mol. The minimum absolute atomic E-state index is 0.418. The van der Waals surface area contributed by atoms with Gasteiger partial charge in [-0.15, -0.1) is 10.2 Å². The van der Waals surface area contributed by atoms with Crippen LogP contribution in [-0.2, 0) is 19.5 Å². The first-order chi connectivity index (χ1) is 11.7. The lowest BCUT2D eigenvalue weighted by Gasteiger charge is -2.16. The van der Waals surface area contributed by atoms with E-state index in [9.17, 15) is 0 Å². The van der Waals surface area contributed by atoms with Gasteiger partial charge in [-0.25, -0.2) is 0 Å². The zero-order valence-corrected chi connectivity index (χ0v) is 14.7. The summed E-state index contributed by atoms with van der Waals surface area (Å²) in [5.74, 6) is 3.30. The number of guanidine groups is 1. The molecule has 0 aliphatic carbocycles. The van der Waals surface area contributed by atoms with Crippen molar-refractivity contribution in [3.05, 3.63) is 47.0 Å². The molecule has 2 heterocycles. The summed E-state index contributed by atoms with van der Waals surface area (Å²) in [6.45, 7) is 6.83. The first-order valence-corrected chi connectivity index (χ1v) is 8.59. The zero-order valence-electron chi connectivity index (χ0n) is 14.7. The fraction of sp³-hybridized carbons (Fsp3) is 0.500. The van der Waals surface area contributed by atoms with E-state index in [0.717, 1.165) is 37.1 Å². The number of aryl methyl sites for hydroxylation is 2. The van der Waals surface area contributed by atoms with E-state index in [2.05, 4.69) is 68.5 Å². The van der Waals surface area contributed by atoms with Gasteiger partial charge in [0.2, 0.25) is 0 Å². The first kappa shape index (κ1) is 16.5. The fourth-order valence-corrected chi connectivity index (χ4v) is 2.99. The SMILES string of the molecule is CN=C(NCc1nnc2n1CCC2)NCC(C)c1ccc(C)cc1. The first-order valence-electron chi connectivity index (χ1n) is 8.59.